The number of rotatable bonds is 0. The van der Waals surface area contributed by atoms with E-state index >= 15 is 0 Å². The average Bonchev–Trinajstić information content (AvgIpc) is 2.60. The zero-order valence-corrected chi connectivity index (χ0v) is 9.27. The highest BCUT2D eigenvalue weighted by atomic mass is 14.8. The van der Waals surface area contributed by atoms with Crippen molar-refractivity contribution in [3.63, 3.8) is 0 Å². The molecule has 1 atom stereocenters. The van der Waals surface area contributed by atoms with Gasteiger partial charge < -0.3 is 5.73 Å². The van der Waals surface area contributed by atoms with E-state index in [1.54, 1.807) is 0 Å². The Morgan fingerprint density at radius 3 is 1.92 bits per heavy atom. The van der Waals surface area contributed by atoms with Crippen LogP contribution in [-0.4, -0.2) is 6.04 Å². The summed E-state index contributed by atoms with van der Waals surface area (Å²) < 4.78 is 0. The minimum absolute atomic E-state index is 0.514. The van der Waals surface area contributed by atoms with Gasteiger partial charge in [0.25, 0.3) is 0 Å². The van der Waals surface area contributed by atoms with Crippen LogP contribution in [0.2, 0.25) is 0 Å². The van der Waals surface area contributed by atoms with E-state index in [0.29, 0.717) is 16.9 Å². The van der Waals surface area contributed by atoms with E-state index in [2.05, 4.69) is 20.8 Å². The number of hydrogen-bond acceptors (Lipinski definition) is 1. The quantitative estimate of drug-likeness (QED) is 0.611. The molecule has 1 heteroatoms. The standard InChI is InChI=1S/C12H23N/c1-11(2,3)9-4-6-12(7-5-9)8-10(12)13/h9-10H,4-8,13H2,1-3H3. The Hall–Kier alpha value is -0.0400. The van der Waals surface area contributed by atoms with Crippen LogP contribution in [0.15, 0.2) is 0 Å². The van der Waals surface area contributed by atoms with Gasteiger partial charge in [-0.15, -0.1) is 0 Å². The largest absolute Gasteiger partial charge is 0.327 e. The second kappa shape index (κ2) is 2.73. The van der Waals surface area contributed by atoms with E-state index < -0.39 is 0 Å². The maximum absolute atomic E-state index is 5.99. The Bertz CT molecular complexity index is 194. The van der Waals surface area contributed by atoms with Crippen molar-refractivity contribution in [3.8, 4) is 0 Å². The van der Waals surface area contributed by atoms with Crippen molar-refractivity contribution in [1.29, 1.82) is 0 Å². The summed E-state index contributed by atoms with van der Waals surface area (Å²) in [5, 5.41) is 0. The lowest BCUT2D eigenvalue weighted by atomic mass is 9.68. The predicted octanol–water partition coefficient (Wildman–Crippen LogP) is 2.94. The second-order valence-electron chi connectivity index (χ2n) is 6.31. The topological polar surface area (TPSA) is 26.0 Å². The summed E-state index contributed by atoms with van der Waals surface area (Å²) in [7, 11) is 0. The minimum Gasteiger partial charge on any atom is -0.327 e. The van der Waals surface area contributed by atoms with Gasteiger partial charge in [0.05, 0.1) is 0 Å². The SMILES string of the molecule is CC(C)(C)C1CCC2(CC1)CC2N. The van der Waals surface area contributed by atoms with Crippen molar-refractivity contribution in [2.75, 3.05) is 0 Å². The summed E-state index contributed by atoms with van der Waals surface area (Å²) in [6.45, 7) is 7.13. The molecule has 2 saturated carbocycles. The first-order valence-electron chi connectivity index (χ1n) is 5.70. The van der Waals surface area contributed by atoms with Crippen LogP contribution in [0.1, 0.15) is 52.9 Å². The molecule has 1 spiro atoms. The molecule has 0 aromatic carbocycles. The molecule has 1 nitrogen and oxygen atoms in total. The first-order valence-corrected chi connectivity index (χ1v) is 5.70. The molecular weight excluding hydrogens is 158 g/mol. The highest BCUT2D eigenvalue weighted by Crippen LogP contribution is 2.58. The fraction of sp³-hybridized carbons (Fsp3) is 1.00. The van der Waals surface area contributed by atoms with Crippen molar-refractivity contribution < 1.29 is 0 Å². The molecule has 0 saturated heterocycles. The van der Waals surface area contributed by atoms with Gasteiger partial charge in [-0.25, -0.2) is 0 Å². The lowest BCUT2D eigenvalue weighted by Crippen LogP contribution is -2.28. The highest BCUT2D eigenvalue weighted by Gasteiger charge is 2.53. The third-order valence-electron chi connectivity index (χ3n) is 4.46. The summed E-state index contributed by atoms with van der Waals surface area (Å²) >= 11 is 0. The molecule has 2 fully saturated rings. The zero-order chi connectivity index (χ0) is 9.69. The van der Waals surface area contributed by atoms with Crippen molar-refractivity contribution in [2.45, 2.75) is 58.9 Å². The van der Waals surface area contributed by atoms with Crippen molar-refractivity contribution in [3.05, 3.63) is 0 Å². The summed E-state index contributed by atoms with van der Waals surface area (Å²) in [4.78, 5) is 0. The zero-order valence-electron chi connectivity index (χ0n) is 9.27. The molecule has 76 valence electrons. The molecular formula is C12H23N. The molecule has 0 aromatic heterocycles. The molecule has 0 heterocycles. The molecule has 0 aromatic rings. The molecule has 0 aliphatic heterocycles. The van der Waals surface area contributed by atoms with E-state index in [1.165, 1.54) is 32.1 Å². The van der Waals surface area contributed by atoms with Gasteiger partial charge in [0.2, 0.25) is 0 Å². The number of nitrogens with two attached hydrogens (primary N) is 1. The molecule has 2 aliphatic carbocycles. The van der Waals surface area contributed by atoms with E-state index in [1.807, 2.05) is 0 Å². The Balaban J connectivity index is 1.90. The normalized spacial score (nSPS) is 45.2. The Morgan fingerprint density at radius 1 is 1.15 bits per heavy atom. The maximum atomic E-state index is 5.99. The van der Waals surface area contributed by atoms with Crippen LogP contribution in [0, 0.1) is 16.7 Å². The Labute approximate surface area is 82.1 Å². The van der Waals surface area contributed by atoms with Gasteiger partial charge in [-0.05, 0) is 48.9 Å². The summed E-state index contributed by atoms with van der Waals surface area (Å²) in [5.41, 5.74) is 7.11. The number of hydrogen-bond donors (Lipinski definition) is 1. The van der Waals surface area contributed by atoms with Gasteiger partial charge in [0.15, 0.2) is 0 Å². The third kappa shape index (κ3) is 1.63. The Morgan fingerprint density at radius 2 is 1.62 bits per heavy atom. The fourth-order valence-corrected chi connectivity index (χ4v) is 3.01. The Kier molecular flexibility index (Phi) is 1.99. The highest BCUT2D eigenvalue weighted by molar-refractivity contribution is 5.08. The van der Waals surface area contributed by atoms with Gasteiger partial charge in [-0.3, -0.25) is 0 Å². The smallest absolute Gasteiger partial charge is 0.0102 e. The van der Waals surface area contributed by atoms with Crippen LogP contribution in [0.4, 0.5) is 0 Å². The lowest BCUT2D eigenvalue weighted by molar-refractivity contribution is 0.139. The summed E-state index contributed by atoms with van der Waals surface area (Å²) in [6, 6.07) is 0.549. The first-order chi connectivity index (χ1) is 5.94. The molecule has 2 rings (SSSR count). The third-order valence-corrected chi connectivity index (χ3v) is 4.46. The van der Waals surface area contributed by atoms with Gasteiger partial charge >= 0.3 is 0 Å². The van der Waals surface area contributed by atoms with Gasteiger partial charge in [0.1, 0.15) is 0 Å². The van der Waals surface area contributed by atoms with Crippen molar-refractivity contribution in [1.82, 2.24) is 0 Å². The molecule has 1 unspecified atom stereocenters. The van der Waals surface area contributed by atoms with E-state index in [0.717, 1.165) is 5.92 Å². The van der Waals surface area contributed by atoms with Crippen LogP contribution in [0.5, 0.6) is 0 Å². The monoisotopic (exact) mass is 181 g/mol. The van der Waals surface area contributed by atoms with Crippen molar-refractivity contribution >= 4 is 0 Å². The van der Waals surface area contributed by atoms with Gasteiger partial charge in [0, 0.05) is 6.04 Å². The molecule has 2 N–H and O–H groups in total. The molecule has 0 bridgehead atoms. The first kappa shape index (κ1) is 9.51. The molecule has 0 radical (unpaired) electrons. The van der Waals surface area contributed by atoms with Crippen molar-refractivity contribution in [2.24, 2.45) is 22.5 Å². The van der Waals surface area contributed by atoms with Gasteiger partial charge in [-0.2, -0.15) is 0 Å². The fourth-order valence-electron chi connectivity index (χ4n) is 3.01. The van der Waals surface area contributed by atoms with E-state index in [4.69, 9.17) is 5.73 Å². The van der Waals surface area contributed by atoms with Crippen LogP contribution in [0.25, 0.3) is 0 Å². The predicted molar refractivity (Wildman–Crippen MR) is 56.4 cm³/mol. The van der Waals surface area contributed by atoms with Gasteiger partial charge in [-0.1, -0.05) is 20.8 Å². The molecule has 0 amide bonds. The lowest BCUT2D eigenvalue weighted by Gasteiger charge is -2.37. The minimum atomic E-state index is 0.514. The van der Waals surface area contributed by atoms with Crippen LogP contribution < -0.4 is 5.73 Å². The van der Waals surface area contributed by atoms with E-state index in [9.17, 15) is 0 Å². The second-order valence-corrected chi connectivity index (χ2v) is 6.31. The van der Waals surface area contributed by atoms with Crippen LogP contribution in [0.3, 0.4) is 0 Å². The molecule has 13 heavy (non-hydrogen) atoms. The van der Waals surface area contributed by atoms with Crippen LogP contribution >= 0.6 is 0 Å². The van der Waals surface area contributed by atoms with E-state index in [-0.39, 0.29) is 0 Å². The van der Waals surface area contributed by atoms with Crippen LogP contribution in [-0.2, 0) is 0 Å². The summed E-state index contributed by atoms with van der Waals surface area (Å²) in [6.07, 6.45) is 6.93. The summed E-state index contributed by atoms with van der Waals surface area (Å²) in [5.74, 6) is 0.936. The molecule has 2 aliphatic rings. The maximum Gasteiger partial charge on any atom is 0.0102 e. The average molecular weight is 181 g/mol.